The van der Waals surface area contributed by atoms with Gasteiger partial charge in [0.05, 0.1) is 10.8 Å². The Hall–Kier alpha value is -2.00. The molecule has 1 N–H and O–H groups in total. The highest BCUT2D eigenvalue weighted by atomic mass is 32.2. The van der Waals surface area contributed by atoms with E-state index in [0.29, 0.717) is 12.8 Å². The van der Waals surface area contributed by atoms with Crippen molar-refractivity contribution < 1.29 is 27.1 Å². The molecule has 1 aromatic carbocycles. The zero-order valence-corrected chi connectivity index (χ0v) is 17.4. The lowest BCUT2D eigenvalue weighted by Gasteiger charge is -2.31. The number of piperidine rings is 1. The van der Waals surface area contributed by atoms with E-state index in [1.54, 1.807) is 0 Å². The molecular weight excluding hydrogens is 387 g/mol. The van der Waals surface area contributed by atoms with E-state index in [9.17, 15) is 22.4 Å². The maximum atomic E-state index is 13.1. The molecule has 0 bridgehead atoms. The van der Waals surface area contributed by atoms with Crippen LogP contribution in [0, 0.1) is 11.7 Å². The first kappa shape index (κ1) is 22.3. The van der Waals surface area contributed by atoms with Crippen LogP contribution in [-0.2, 0) is 24.3 Å². The van der Waals surface area contributed by atoms with Crippen molar-refractivity contribution in [3.8, 4) is 0 Å². The van der Waals surface area contributed by atoms with Crippen LogP contribution < -0.4 is 5.32 Å². The lowest BCUT2D eigenvalue weighted by atomic mass is 10.00. The van der Waals surface area contributed by atoms with Crippen molar-refractivity contribution in [3.05, 3.63) is 30.1 Å². The molecule has 1 aliphatic heterocycles. The molecule has 28 heavy (non-hydrogen) atoms. The van der Waals surface area contributed by atoms with Crippen LogP contribution in [0.3, 0.4) is 0 Å². The third kappa shape index (κ3) is 5.75. The van der Waals surface area contributed by atoms with E-state index < -0.39 is 45.3 Å². The highest BCUT2D eigenvalue weighted by Crippen LogP contribution is 2.25. The molecule has 0 unspecified atom stereocenters. The molecule has 1 aliphatic rings. The molecule has 1 heterocycles. The van der Waals surface area contributed by atoms with Gasteiger partial charge >= 0.3 is 5.97 Å². The predicted octanol–water partition coefficient (Wildman–Crippen LogP) is 2.07. The summed E-state index contributed by atoms with van der Waals surface area (Å²) in [6.45, 7) is 7.17. The third-order valence-corrected chi connectivity index (χ3v) is 6.21. The standard InChI is InChI=1S/C19H27FN2O5S/c1-13(17(23)21-19(2,3)4)27-18(24)14-6-5-11-22(12-14)28(25,26)16-9-7-15(20)8-10-16/h7-10,13-14H,5-6,11-12H2,1-4H3,(H,21,23)/t13-,14+/m0/s1. The monoisotopic (exact) mass is 414 g/mol. The number of nitrogens with one attached hydrogen (secondary N) is 1. The summed E-state index contributed by atoms with van der Waals surface area (Å²) in [6, 6.07) is 4.56. The summed E-state index contributed by atoms with van der Waals surface area (Å²) in [7, 11) is -3.83. The van der Waals surface area contributed by atoms with E-state index in [-0.39, 0.29) is 18.0 Å². The molecule has 1 saturated heterocycles. The van der Waals surface area contributed by atoms with Crippen molar-refractivity contribution in [2.24, 2.45) is 5.92 Å². The summed E-state index contributed by atoms with van der Waals surface area (Å²) in [6.07, 6.45) is -0.0132. The lowest BCUT2D eigenvalue weighted by molar-refractivity contribution is -0.160. The Balaban J connectivity index is 2.03. The summed E-state index contributed by atoms with van der Waals surface area (Å²) in [5.74, 6) is -2.20. The minimum absolute atomic E-state index is 0.0270. The molecule has 0 aromatic heterocycles. The van der Waals surface area contributed by atoms with Gasteiger partial charge in [-0.3, -0.25) is 9.59 Å². The van der Waals surface area contributed by atoms with Crippen LogP contribution in [0.2, 0.25) is 0 Å². The van der Waals surface area contributed by atoms with Gasteiger partial charge in [-0.2, -0.15) is 4.31 Å². The Bertz CT molecular complexity index is 818. The van der Waals surface area contributed by atoms with Crippen LogP contribution in [0.25, 0.3) is 0 Å². The van der Waals surface area contributed by atoms with E-state index in [2.05, 4.69) is 5.32 Å². The van der Waals surface area contributed by atoms with Gasteiger partial charge in [0.1, 0.15) is 5.82 Å². The number of halogens is 1. The maximum absolute atomic E-state index is 13.1. The fourth-order valence-corrected chi connectivity index (χ4v) is 4.43. The van der Waals surface area contributed by atoms with Gasteiger partial charge in [-0.05, 0) is 64.8 Å². The van der Waals surface area contributed by atoms with E-state index in [1.807, 2.05) is 20.8 Å². The molecule has 156 valence electrons. The molecule has 0 radical (unpaired) electrons. The number of hydrogen-bond donors (Lipinski definition) is 1. The van der Waals surface area contributed by atoms with E-state index in [1.165, 1.54) is 23.4 Å². The summed E-state index contributed by atoms with van der Waals surface area (Å²) < 4.78 is 45.0. The smallest absolute Gasteiger partial charge is 0.311 e. The van der Waals surface area contributed by atoms with Gasteiger partial charge in [-0.15, -0.1) is 0 Å². The molecule has 2 atom stereocenters. The fourth-order valence-electron chi connectivity index (χ4n) is 2.90. The number of esters is 1. The van der Waals surface area contributed by atoms with Crippen LogP contribution in [0.4, 0.5) is 4.39 Å². The van der Waals surface area contributed by atoms with Crippen LogP contribution in [0.1, 0.15) is 40.5 Å². The van der Waals surface area contributed by atoms with Crippen molar-refractivity contribution in [2.75, 3.05) is 13.1 Å². The Morgan fingerprint density at radius 1 is 1.25 bits per heavy atom. The first-order chi connectivity index (χ1) is 12.9. The molecule has 2 rings (SSSR count). The number of carbonyl (C=O) groups excluding carboxylic acids is 2. The molecule has 0 saturated carbocycles. The number of nitrogens with zero attached hydrogens (tertiary/aromatic N) is 1. The zero-order chi connectivity index (χ0) is 21.1. The third-order valence-electron chi connectivity index (χ3n) is 4.33. The Kier molecular flexibility index (Phi) is 6.82. The minimum Gasteiger partial charge on any atom is -0.452 e. The molecule has 0 spiro atoms. The number of rotatable bonds is 5. The maximum Gasteiger partial charge on any atom is 0.311 e. The molecule has 0 aliphatic carbocycles. The highest BCUT2D eigenvalue weighted by Gasteiger charge is 2.35. The molecule has 9 heteroatoms. The number of hydrogen-bond acceptors (Lipinski definition) is 5. The van der Waals surface area contributed by atoms with Gasteiger partial charge in [-0.1, -0.05) is 0 Å². The molecule has 1 fully saturated rings. The Morgan fingerprint density at radius 3 is 2.43 bits per heavy atom. The van der Waals surface area contributed by atoms with E-state index in [4.69, 9.17) is 4.74 Å². The zero-order valence-electron chi connectivity index (χ0n) is 16.6. The SMILES string of the molecule is C[C@H](OC(=O)[C@@H]1CCCN(S(=O)(=O)c2ccc(F)cc2)C1)C(=O)NC(C)(C)C. The summed E-state index contributed by atoms with van der Waals surface area (Å²) in [5.41, 5.74) is -0.456. The quantitative estimate of drug-likeness (QED) is 0.745. The van der Waals surface area contributed by atoms with Crippen molar-refractivity contribution >= 4 is 21.9 Å². The average molecular weight is 414 g/mol. The largest absolute Gasteiger partial charge is 0.452 e. The van der Waals surface area contributed by atoms with Gasteiger partial charge in [0.2, 0.25) is 10.0 Å². The summed E-state index contributed by atoms with van der Waals surface area (Å²) in [5, 5.41) is 2.73. The van der Waals surface area contributed by atoms with Crippen LogP contribution in [0.15, 0.2) is 29.2 Å². The minimum atomic E-state index is -3.83. The number of ether oxygens (including phenoxy) is 1. The lowest BCUT2D eigenvalue weighted by Crippen LogP contribution is -2.48. The van der Waals surface area contributed by atoms with E-state index >= 15 is 0 Å². The number of carbonyl (C=O) groups is 2. The van der Waals surface area contributed by atoms with Gasteiger partial charge < -0.3 is 10.1 Å². The van der Waals surface area contributed by atoms with Gasteiger partial charge in [0.25, 0.3) is 5.91 Å². The fraction of sp³-hybridized carbons (Fsp3) is 0.579. The second-order valence-corrected chi connectivity index (χ2v) is 9.91. The van der Waals surface area contributed by atoms with Crippen molar-refractivity contribution in [2.45, 2.75) is 57.1 Å². The van der Waals surface area contributed by atoms with Gasteiger partial charge in [0.15, 0.2) is 6.10 Å². The van der Waals surface area contributed by atoms with Crippen molar-refractivity contribution in [1.29, 1.82) is 0 Å². The number of sulfonamides is 1. The van der Waals surface area contributed by atoms with Crippen molar-refractivity contribution in [3.63, 3.8) is 0 Å². The normalized spacial score (nSPS) is 19.7. The Morgan fingerprint density at radius 2 is 1.86 bits per heavy atom. The molecule has 7 nitrogen and oxygen atoms in total. The second-order valence-electron chi connectivity index (χ2n) is 7.97. The number of benzene rings is 1. The topological polar surface area (TPSA) is 92.8 Å². The highest BCUT2D eigenvalue weighted by molar-refractivity contribution is 7.89. The average Bonchev–Trinajstić information content (AvgIpc) is 2.60. The first-order valence-electron chi connectivity index (χ1n) is 9.18. The van der Waals surface area contributed by atoms with E-state index in [0.717, 1.165) is 12.1 Å². The van der Waals surface area contributed by atoms with Crippen LogP contribution in [0.5, 0.6) is 0 Å². The number of amides is 1. The van der Waals surface area contributed by atoms with Crippen molar-refractivity contribution in [1.82, 2.24) is 9.62 Å². The van der Waals surface area contributed by atoms with Gasteiger partial charge in [-0.25, -0.2) is 12.8 Å². The van der Waals surface area contributed by atoms with Crippen LogP contribution >= 0.6 is 0 Å². The molecule has 1 amide bonds. The second kappa shape index (κ2) is 8.57. The molecular formula is C19H27FN2O5S. The summed E-state index contributed by atoms with van der Waals surface area (Å²) >= 11 is 0. The first-order valence-corrected chi connectivity index (χ1v) is 10.6. The Labute approximate surface area is 165 Å². The predicted molar refractivity (Wildman–Crippen MR) is 101 cm³/mol. The molecule has 1 aromatic rings. The van der Waals surface area contributed by atoms with Gasteiger partial charge in [0, 0.05) is 18.6 Å². The summed E-state index contributed by atoms with van der Waals surface area (Å²) in [4.78, 5) is 24.5. The van der Waals surface area contributed by atoms with Crippen LogP contribution in [-0.4, -0.2) is 49.3 Å².